The van der Waals surface area contributed by atoms with Gasteiger partial charge in [0.25, 0.3) is 0 Å². The van der Waals surface area contributed by atoms with Crippen molar-refractivity contribution >= 4 is 11.6 Å². The van der Waals surface area contributed by atoms with Gasteiger partial charge in [-0.3, -0.25) is 9.36 Å². The number of hydrogen-bond donors (Lipinski definition) is 1. The number of carbonyl (C=O) groups excluding carboxylic acids is 1. The van der Waals surface area contributed by atoms with Crippen LogP contribution >= 0.6 is 0 Å². The van der Waals surface area contributed by atoms with Crippen LogP contribution in [0, 0.1) is 13.8 Å². The summed E-state index contributed by atoms with van der Waals surface area (Å²) < 4.78 is 8.22. The predicted octanol–water partition coefficient (Wildman–Crippen LogP) is 2.90. The summed E-state index contributed by atoms with van der Waals surface area (Å²) in [6.45, 7) is 3.86. The lowest BCUT2D eigenvalue weighted by Gasteiger charge is -2.07. The fourth-order valence-corrected chi connectivity index (χ4v) is 2.91. The number of amides is 1. The Balaban J connectivity index is 1.58. The molecule has 0 saturated heterocycles. The van der Waals surface area contributed by atoms with Gasteiger partial charge in [0, 0.05) is 11.7 Å². The van der Waals surface area contributed by atoms with Crippen LogP contribution in [0.3, 0.4) is 0 Å². The molecule has 2 heterocycles. The maximum atomic E-state index is 12.7. The Morgan fingerprint density at radius 1 is 1.27 bits per heavy atom. The second-order valence-electron chi connectivity index (χ2n) is 6.69. The summed E-state index contributed by atoms with van der Waals surface area (Å²) in [7, 11) is 0. The van der Waals surface area contributed by atoms with Gasteiger partial charge in [0.1, 0.15) is 6.54 Å². The smallest absolute Gasteiger partial charge is 0.347 e. The van der Waals surface area contributed by atoms with E-state index in [1.54, 1.807) is 23.0 Å². The Morgan fingerprint density at radius 3 is 2.73 bits per heavy atom. The first-order valence-corrected chi connectivity index (χ1v) is 8.63. The Morgan fingerprint density at radius 2 is 2.08 bits per heavy atom. The number of anilines is 1. The second-order valence-corrected chi connectivity index (χ2v) is 6.69. The number of aryl methyl sites for hydroxylation is 2. The fraction of sp³-hybridized carbons (Fsp3) is 0.316. The molecule has 1 amide bonds. The average molecular weight is 352 g/mol. The van der Waals surface area contributed by atoms with Crippen LogP contribution in [0.2, 0.25) is 0 Å². The normalized spacial score (nSPS) is 13.8. The molecule has 26 heavy (non-hydrogen) atoms. The molecule has 3 aromatic rings. The minimum atomic E-state index is -0.290. The molecule has 1 aromatic carbocycles. The van der Waals surface area contributed by atoms with E-state index in [1.165, 1.54) is 4.68 Å². The molecule has 0 radical (unpaired) electrons. The van der Waals surface area contributed by atoms with E-state index in [0.29, 0.717) is 17.3 Å². The van der Waals surface area contributed by atoms with Crippen LogP contribution < -0.4 is 11.0 Å². The molecular weight excluding hydrogens is 332 g/mol. The third-order valence-corrected chi connectivity index (χ3v) is 4.61. The van der Waals surface area contributed by atoms with Crippen molar-refractivity contribution < 1.29 is 9.21 Å². The summed E-state index contributed by atoms with van der Waals surface area (Å²) in [4.78, 5) is 25.1. The highest BCUT2D eigenvalue weighted by atomic mass is 16.3. The van der Waals surface area contributed by atoms with Crippen molar-refractivity contribution in [3.05, 3.63) is 58.2 Å². The fourth-order valence-electron chi connectivity index (χ4n) is 2.91. The zero-order valence-electron chi connectivity index (χ0n) is 14.7. The first-order chi connectivity index (χ1) is 12.5. The van der Waals surface area contributed by atoms with Crippen molar-refractivity contribution in [2.75, 3.05) is 5.32 Å². The number of carbonyl (C=O) groups is 1. The molecule has 1 fully saturated rings. The molecule has 1 N–H and O–H groups in total. The van der Waals surface area contributed by atoms with Gasteiger partial charge in [-0.05, 0) is 62.1 Å². The van der Waals surface area contributed by atoms with Gasteiger partial charge in [-0.15, -0.1) is 5.10 Å². The van der Waals surface area contributed by atoms with E-state index in [0.717, 1.165) is 24.0 Å². The van der Waals surface area contributed by atoms with Crippen LogP contribution in [-0.2, 0) is 11.3 Å². The molecule has 0 unspecified atom stereocenters. The van der Waals surface area contributed by atoms with Crippen molar-refractivity contribution in [3.8, 4) is 11.6 Å². The molecule has 4 rings (SSSR count). The average Bonchev–Trinajstić information content (AvgIpc) is 3.18. The molecule has 0 aliphatic heterocycles. The van der Waals surface area contributed by atoms with Gasteiger partial charge in [-0.25, -0.2) is 9.48 Å². The van der Waals surface area contributed by atoms with Crippen LogP contribution in [0.5, 0.6) is 0 Å². The number of benzene rings is 1. The van der Waals surface area contributed by atoms with Gasteiger partial charge >= 0.3 is 5.69 Å². The molecule has 134 valence electrons. The molecule has 1 aliphatic carbocycles. The van der Waals surface area contributed by atoms with Crippen molar-refractivity contribution in [2.45, 2.75) is 39.3 Å². The zero-order chi connectivity index (χ0) is 18.3. The Kier molecular flexibility index (Phi) is 3.99. The third-order valence-electron chi connectivity index (χ3n) is 4.61. The quantitative estimate of drug-likeness (QED) is 0.765. The second kappa shape index (κ2) is 6.33. The van der Waals surface area contributed by atoms with Crippen LogP contribution in [0.4, 0.5) is 5.69 Å². The minimum absolute atomic E-state index is 0.138. The molecular formula is C19H20N4O3. The number of nitrogens with zero attached hydrogens (tertiary/aromatic N) is 3. The van der Waals surface area contributed by atoms with Gasteiger partial charge in [-0.1, -0.05) is 6.07 Å². The topological polar surface area (TPSA) is 82.1 Å². The Bertz CT molecular complexity index is 1010. The summed E-state index contributed by atoms with van der Waals surface area (Å²) in [5, 5.41) is 7.16. The molecule has 0 spiro atoms. The molecule has 0 atom stereocenters. The first-order valence-electron chi connectivity index (χ1n) is 8.63. The molecule has 7 heteroatoms. The number of furan rings is 1. The first kappa shape index (κ1) is 16.4. The lowest BCUT2D eigenvalue weighted by atomic mass is 10.1. The van der Waals surface area contributed by atoms with Crippen LogP contribution in [0.1, 0.15) is 30.0 Å². The van der Waals surface area contributed by atoms with E-state index in [4.69, 9.17) is 4.42 Å². The van der Waals surface area contributed by atoms with E-state index in [9.17, 15) is 9.59 Å². The molecule has 2 aromatic heterocycles. The van der Waals surface area contributed by atoms with E-state index in [2.05, 4.69) is 10.4 Å². The summed E-state index contributed by atoms with van der Waals surface area (Å²) >= 11 is 0. The zero-order valence-corrected chi connectivity index (χ0v) is 14.7. The van der Waals surface area contributed by atoms with E-state index >= 15 is 0 Å². The van der Waals surface area contributed by atoms with Crippen molar-refractivity contribution in [3.63, 3.8) is 0 Å². The minimum Gasteiger partial charge on any atom is -0.461 e. The van der Waals surface area contributed by atoms with Gasteiger partial charge < -0.3 is 9.73 Å². The van der Waals surface area contributed by atoms with Gasteiger partial charge in [0.15, 0.2) is 5.76 Å². The standard InChI is InChI=1S/C19H20N4O3/c1-12-5-6-14(10-13(12)2)20-17(24)11-22-19(25)23(15-7-8-15)18(21-22)16-4-3-9-26-16/h3-6,9-10,15H,7-8,11H2,1-2H3,(H,20,24). The van der Waals surface area contributed by atoms with E-state index < -0.39 is 0 Å². The molecule has 0 bridgehead atoms. The Labute approximate surface area is 150 Å². The van der Waals surface area contributed by atoms with E-state index in [1.807, 2.05) is 32.0 Å². The van der Waals surface area contributed by atoms with Crippen molar-refractivity contribution in [1.82, 2.24) is 14.3 Å². The van der Waals surface area contributed by atoms with Crippen molar-refractivity contribution in [2.24, 2.45) is 0 Å². The summed E-state index contributed by atoms with van der Waals surface area (Å²) in [6.07, 6.45) is 3.42. The lowest BCUT2D eigenvalue weighted by Crippen LogP contribution is -2.30. The third kappa shape index (κ3) is 3.08. The number of rotatable bonds is 5. The van der Waals surface area contributed by atoms with Crippen LogP contribution in [0.25, 0.3) is 11.6 Å². The summed E-state index contributed by atoms with van der Waals surface area (Å²) in [5.41, 5.74) is 2.68. The Hall–Kier alpha value is -3.09. The molecule has 1 saturated carbocycles. The van der Waals surface area contributed by atoms with Crippen molar-refractivity contribution in [1.29, 1.82) is 0 Å². The largest absolute Gasteiger partial charge is 0.461 e. The lowest BCUT2D eigenvalue weighted by molar-refractivity contribution is -0.117. The number of aromatic nitrogens is 3. The number of hydrogen-bond acceptors (Lipinski definition) is 4. The van der Waals surface area contributed by atoms with Gasteiger partial charge in [-0.2, -0.15) is 0 Å². The maximum absolute atomic E-state index is 12.7. The van der Waals surface area contributed by atoms with E-state index in [-0.39, 0.29) is 24.2 Å². The monoisotopic (exact) mass is 352 g/mol. The van der Waals surface area contributed by atoms with Crippen LogP contribution in [0.15, 0.2) is 45.8 Å². The SMILES string of the molecule is Cc1ccc(NC(=O)Cn2nc(-c3ccco3)n(C3CC3)c2=O)cc1C. The number of nitrogens with one attached hydrogen (secondary N) is 1. The molecule has 7 nitrogen and oxygen atoms in total. The highest BCUT2D eigenvalue weighted by molar-refractivity contribution is 5.90. The van der Waals surface area contributed by atoms with Crippen LogP contribution in [-0.4, -0.2) is 20.3 Å². The molecule has 1 aliphatic rings. The highest BCUT2D eigenvalue weighted by Gasteiger charge is 2.31. The summed E-state index contributed by atoms with van der Waals surface area (Å²) in [6, 6.07) is 9.36. The maximum Gasteiger partial charge on any atom is 0.347 e. The highest BCUT2D eigenvalue weighted by Crippen LogP contribution is 2.36. The summed E-state index contributed by atoms with van der Waals surface area (Å²) in [5.74, 6) is 0.714. The predicted molar refractivity (Wildman–Crippen MR) is 97.0 cm³/mol. The van der Waals surface area contributed by atoms with Gasteiger partial charge in [0.05, 0.1) is 6.26 Å². The van der Waals surface area contributed by atoms with Gasteiger partial charge in [0.2, 0.25) is 11.7 Å².